The molecule has 1 saturated heterocycles. The first-order valence-electron chi connectivity index (χ1n) is 2.87. The number of halogens is 2. The molecule has 0 aromatic rings. The Labute approximate surface area is 79.0 Å². The van der Waals surface area contributed by atoms with E-state index in [1.165, 1.54) is 19.3 Å². The average molecular weight is 366 g/mol. The molecule has 0 aromatic carbocycles. The van der Waals surface area contributed by atoms with Gasteiger partial charge in [-0.1, -0.05) is 19.3 Å². The molecule has 2 nitrogen and oxygen atoms in total. The van der Waals surface area contributed by atoms with Gasteiger partial charge < -0.3 is 11.5 Å². The van der Waals surface area contributed by atoms with Crippen molar-refractivity contribution >= 4 is 18.8 Å². The van der Waals surface area contributed by atoms with E-state index in [1.54, 1.807) is 0 Å². The second-order valence-corrected chi connectivity index (χ2v) is 5.06. The Balaban J connectivity index is 0. The van der Waals surface area contributed by atoms with Crippen LogP contribution in [0.4, 0.5) is 0 Å². The van der Waals surface area contributed by atoms with Crippen LogP contribution in [0.25, 0.3) is 11.5 Å². The van der Waals surface area contributed by atoms with Crippen LogP contribution >= 0.6 is 18.8 Å². The Hall–Kier alpha value is 1.19. The Kier molecular flexibility index (Phi) is 17.6. The maximum Gasteiger partial charge on any atom is -0.693 e. The molecule has 1 aliphatic rings. The topological polar surface area (TPSA) is 47.6 Å². The number of hydrogen-bond donors (Lipinski definition) is 0. The summed E-state index contributed by atoms with van der Waals surface area (Å²) in [7, 11) is 9.75. The van der Waals surface area contributed by atoms with Gasteiger partial charge in [0.25, 0.3) is 0 Å². The standard InChI is InChI=1S/C5H10N.2ClH.H2N.Pt/c1-2-4-6-5-3-1;;;;/h1-5H2;2*1H;1H2;/q-1;;;-1;+4/p-2. The molecule has 0 aromatic heterocycles. The van der Waals surface area contributed by atoms with Crippen molar-refractivity contribution in [1.29, 1.82) is 0 Å². The van der Waals surface area contributed by atoms with Gasteiger partial charge in [-0.25, -0.2) is 0 Å². The van der Waals surface area contributed by atoms with Crippen LogP contribution in [0, 0.1) is 0 Å². The molecular formula is C5H12Cl2N2Pt. The molecule has 66 valence electrons. The number of piperidine rings is 1. The van der Waals surface area contributed by atoms with Crippen LogP contribution in [0.5, 0.6) is 0 Å². The smallest absolute Gasteiger partial charge is 0.693 e. The van der Waals surface area contributed by atoms with Gasteiger partial charge >= 0.3 is 35.3 Å². The fourth-order valence-electron chi connectivity index (χ4n) is 0.736. The van der Waals surface area contributed by atoms with Crippen LogP contribution in [0.15, 0.2) is 0 Å². The average Bonchev–Trinajstić information content (AvgIpc) is 1.93. The Morgan fingerprint density at radius 1 is 1.00 bits per heavy atom. The first kappa shape index (κ1) is 13.8. The molecule has 0 saturated carbocycles. The van der Waals surface area contributed by atoms with Crippen LogP contribution in [0.1, 0.15) is 19.3 Å². The molecule has 0 atom stereocenters. The van der Waals surface area contributed by atoms with Crippen LogP contribution in [0.2, 0.25) is 0 Å². The molecular weight excluding hydrogens is 354 g/mol. The summed E-state index contributed by atoms with van der Waals surface area (Å²) in [4.78, 5) is 0. The van der Waals surface area contributed by atoms with Crippen LogP contribution in [0.3, 0.4) is 0 Å². The summed E-state index contributed by atoms with van der Waals surface area (Å²) in [5.74, 6) is 0. The van der Waals surface area contributed by atoms with E-state index in [1.807, 2.05) is 0 Å². The monoisotopic (exact) mass is 365 g/mol. The van der Waals surface area contributed by atoms with Crippen molar-refractivity contribution in [3.63, 3.8) is 0 Å². The van der Waals surface area contributed by atoms with E-state index in [4.69, 9.17) is 18.8 Å². The first-order chi connectivity index (χ1) is 4.41. The van der Waals surface area contributed by atoms with Crippen molar-refractivity contribution in [1.82, 2.24) is 0 Å². The van der Waals surface area contributed by atoms with E-state index >= 15 is 0 Å². The molecule has 1 fully saturated rings. The molecule has 0 bridgehead atoms. The Bertz CT molecular complexity index is 41.4. The van der Waals surface area contributed by atoms with Crippen LogP contribution < -0.4 is 0 Å². The molecule has 0 radical (unpaired) electrons. The summed E-state index contributed by atoms with van der Waals surface area (Å²) in [6, 6.07) is 0. The van der Waals surface area contributed by atoms with Crippen molar-refractivity contribution in [2.24, 2.45) is 0 Å². The zero-order valence-corrected chi connectivity index (χ0v) is 9.42. The van der Waals surface area contributed by atoms with Gasteiger partial charge in [0.2, 0.25) is 0 Å². The van der Waals surface area contributed by atoms with Crippen molar-refractivity contribution in [3.05, 3.63) is 11.5 Å². The fourth-order valence-corrected chi connectivity index (χ4v) is 0.736. The molecule has 0 aliphatic carbocycles. The Morgan fingerprint density at radius 3 is 1.50 bits per heavy atom. The minimum Gasteiger partial charge on any atom is -0.693 e. The zero-order valence-electron chi connectivity index (χ0n) is 5.63. The molecule has 0 spiro atoms. The molecule has 5 heteroatoms. The van der Waals surface area contributed by atoms with Gasteiger partial charge in [-0.3, -0.25) is 0 Å². The largest absolute Gasteiger partial charge is 0.693 e. The van der Waals surface area contributed by atoms with E-state index in [-0.39, 0.29) is 6.15 Å². The summed E-state index contributed by atoms with van der Waals surface area (Å²) in [6.07, 6.45) is 4.07. The summed E-state index contributed by atoms with van der Waals surface area (Å²) < 4.78 is 0. The van der Waals surface area contributed by atoms with E-state index < -0.39 is 16.5 Å². The van der Waals surface area contributed by atoms with Crippen molar-refractivity contribution in [3.8, 4) is 0 Å². The number of hydrogen-bond acceptors (Lipinski definition) is 0. The maximum atomic E-state index is 4.88. The quantitative estimate of drug-likeness (QED) is 0.629. The second kappa shape index (κ2) is 12.8. The van der Waals surface area contributed by atoms with Gasteiger partial charge in [0.05, 0.1) is 0 Å². The number of nitrogens with zero attached hydrogens (tertiary/aromatic N) is 1. The third kappa shape index (κ3) is 11.9. The van der Waals surface area contributed by atoms with E-state index in [9.17, 15) is 0 Å². The third-order valence-corrected chi connectivity index (χ3v) is 1.13. The molecule has 0 amide bonds. The Morgan fingerprint density at radius 2 is 1.40 bits per heavy atom. The van der Waals surface area contributed by atoms with Crippen molar-refractivity contribution in [2.75, 3.05) is 13.1 Å². The van der Waals surface area contributed by atoms with Crippen molar-refractivity contribution < 1.29 is 16.5 Å². The SMILES string of the molecule is C1CC[N-]CC1.[Cl][Pt+2][Cl].[NH2-]. The first-order valence-corrected chi connectivity index (χ1v) is 8.50. The van der Waals surface area contributed by atoms with Crippen LogP contribution in [-0.2, 0) is 16.5 Å². The minimum absolute atomic E-state index is 0. The maximum absolute atomic E-state index is 4.88. The molecule has 2 N–H and O–H groups in total. The third-order valence-electron chi connectivity index (χ3n) is 1.13. The summed E-state index contributed by atoms with van der Waals surface area (Å²) in [5.41, 5.74) is 0. The van der Waals surface area contributed by atoms with Gasteiger partial charge in [-0.2, -0.15) is 0 Å². The fraction of sp³-hybridized carbons (Fsp3) is 1.00. The zero-order chi connectivity index (χ0) is 6.95. The minimum atomic E-state index is -0.472. The number of rotatable bonds is 0. The van der Waals surface area contributed by atoms with Gasteiger partial charge in [0.15, 0.2) is 0 Å². The molecule has 1 aliphatic heterocycles. The predicted octanol–water partition coefficient (Wildman–Crippen LogP) is 3.64. The van der Waals surface area contributed by atoms with Gasteiger partial charge in [-0.15, -0.1) is 13.1 Å². The molecule has 1 rings (SSSR count). The van der Waals surface area contributed by atoms with Crippen molar-refractivity contribution in [2.45, 2.75) is 19.3 Å². The van der Waals surface area contributed by atoms with Gasteiger partial charge in [0.1, 0.15) is 0 Å². The summed E-state index contributed by atoms with van der Waals surface area (Å²) in [6.45, 7) is 2.25. The summed E-state index contributed by atoms with van der Waals surface area (Å²) >= 11 is -0.472. The molecule has 10 heavy (non-hydrogen) atoms. The van der Waals surface area contributed by atoms with E-state index in [0.29, 0.717) is 0 Å². The predicted molar refractivity (Wildman–Crippen MR) is 43.9 cm³/mol. The normalized spacial score (nSPS) is 16.6. The van der Waals surface area contributed by atoms with Crippen LogP contribution in [-0.4, -0.2) is 13.1 Å². The molecule has 0 unspecified atom stereocenters. The summed E-state index contributed by atoms with van der Waals surface area (Å²) in [5, 5.41) is 4.18. The number of nitrogens with two attached hydrogens (primary N) is 1. The van der Waals surface area contributed by atoms with E-state index in [2.05, 4.69) is 5.32 Å². The molecule has 1 heterocycles. The van der Waals surface area contributed by atoms with E-state index in [0.717, 1.165) is 13.1 Å². The van der Waals surface area contributed by atoms with Gasteiger partial charge in [-0.05, 0) is 0 Å². The second-order valence-electron chi connectivity index (χ2n) is 1.78. The van der Waals surface area contributed by atoms with Gasteiger partial charge in [0, 0.05) is 0 Å².